The smallest absolute Gasteiger partial charge is 0.314 e. The molecule has 0 unspecified atom stereocenters. The first-order valence-corrected chi connectivity index (χ1v) is 7.03. The molecule has 2 aromatic rings. The minimum Gasteiger partial charge on any atom is -0.366 e. The molecule has 0 saturated carbocycles. The zero-order valence-corrected chi connectivity index (χ0v) is 12.9. The summed E-state index contributed by atoms with van der Waals surface area (Å²) in [5.74, 6) is -2.16. The zero-order valence-electron chi connectivity index (χ0n) is 11.3. The number of primary amides is 1. The number of rotatable bonds is 3. The van der Waals surface area contributed by atoms with Gasteiger partial charge in [0, 0.05) is 21.4 Å². The van der Waals surface area contributed by atoms with Crippen molar-refractivity contribution in [3.05, 3.63) is 58.6 Å². The monoisotopic (exact) mass is 361 g/mol. The topological polar surface area (TPSA) is 101 Å². The molecule has 2 aromatic carbocycles. The number of carbonyl (C=O) groups excluding carboxylic acids is 3. The highest BCUT2D eigenvalue weighted by molar-refractivity contribution is 9.10. The van der Waals surface area contributed by atoms with Gasteiger partial charge < -0.3 is 16.4 Å². The molecule has 0 saturated heterocycles. The lowest BCUT2D eigenvalue weighted by Gasteiger charge is -2.07. The maximum atomic E-state index is 11.8. The Morgan fingerprint density at radius 1 is 0.773 bits per heavy atom. The van der Waals surface area contributed by atoms with Gasteiger partial charge in [0.15, 0.2) is 0 Å². The first-order valence-electron chi connectivity index (χ1n) is 6.23. The van der Waals surface area contributed by atoms with Crippen molar-refractivity contribution >= 4 is 45.0 Å². The van der Waals surface area contributed by atoms with E-state index in [2.05, 4.69) is 26.6 Å². The maximum Gasteiger partial charge on any atom is 0.314 e. The highest BCUT2D eigenvalue weighted by Gasteiger charge is 2.14. The molecule has 112 valence electrons. The molecule has 0 bridgehead atoms. The summed E-state index contributed by atoms with van der Waals surface area (Å²) in [5.41, 5.74) is 6.33. The standard InChI is InChI=1S/C15H12BrN3O3/c16-10-3-7-12(8-4-10)19-15(22)14(21)18-11-5-1-9(2-6-11)13(17)20/h1-8H,(H2,17,20)(H,18,21)(H,19,22). The number of benzene rings is 2. The fourth-order valence-electron chi connectivity index (χ4n) is 1.63. The second-order valence-electron chi connectivity index (χ2n) is 4.36. The molecule has 3 amide bonds. The van der Waals surface area contributed by atoms with Crippen molar-refractivity contribution in [1.82, 2.24) is 0 Å². The Balaban J connectivity index is 1.97. The normalized spacial score (nSPS) is 9.86. The van der Waals surface area contributed by atoms with Gasteiger partial charge in [0.05, 0.1) is 0 Å². The Bertz CT molecular complexity index is 712. The van der Waals surface area contributed by atoms with Crippen LogP contribution in [0.5, 0.6) is 0 Å². The van der Waals surface area contributed by atoms with Crippen LogP contribution >= 0.6 is 15.9 Å². The van der Waals surface area contributed by atoms with Crippen LogP contribution in [0.4, 0.5) is 11.4 Å². The van der Waals surface area contributed by atoms with Crippen LogP contribution in [0.25, 0.3) is 0 Å². The highest BCUT2D eigenvalue weighted by Crippen LogP contribution is 2.14. The lowest BCUT2D eigenvalue weighted by atomic mass is 10.2. The minimum absolute atomic E-state index is 0.317. The molecule has 22 heavy (non-hydrogen) atoms. The number of halogens is 1. The van der Waals surface area contributed by atoms with Crippen LogP contribution in [-0.4, -0.2) is 17.7 Å². The molecular formula is C15H12BrN3O3. The van der Waals surface area contributed by atoms with Gasteiger partial charge in [-0.05, 0) is 48.5 Å². The minimum atomic E-state index is -0.810. The van der Waals surface area contributed by atoms with Crippen LogP contribution in [0.3, 0.4) is 0 Å². The number of hydrogen-bond acceptors (Lipinski definition) is 3. The average Bonchev–Trinajstić information content (AvgIpc) is 2.50. The molecule has 0 radical (unpaired) electrons. The van der Waals surface area contributed by atoms with Gasteiger partial charge >= 0.3 is 11.8 Å². The van der Waals surface area contributed by atoms with E-state index in [0.29, 0.717) is 16.9 Å². The largest absolute Gasteiger partial charge is 0.366 e. The van der Waals surface area contributed by atoms with E-state index in [0.717, 1.165) is 4.47 Å². The molecule has 6 nitrogen and oxygen atoms in total. The number of anilines is 2. The van der Waals surface area contributed by atoms with E-state index in [1.165, 1.54) is 24.3 Å². The third kappa shape index (κ3) is 4.16. The van der Waals surface area contributed by atoms with Crippen molar-refractivity contribution < 1.29 is 14.4 Å². The molecule has 7 heteroatoms. The summed E-state index contributed by atoms with van der Waals surface area (Å²) in [6.07, 6.45) is 0. The third-order valence-electron chi connectivity index (χ3n) is 2.74. The summed E-state index contributed by atoms with van der Waals surface area (Å²) in [4.78, 5) is 34.5. The summed E-state index contributed by atoms with van der Waals surface area (Å²) in [6.45, 7) is 0. The van der Waals surface area contributed by atoms with Crippen molar-refractivity contribution in [2.24, 2.45) is 5.73 Å². The van der Waals surface area contributed by atoms with Crippen LogP contribution in [-0.2, 0) is 9.59 Å². The van der Waals surface area contributed by atoms with E-state index in [4.69, 9.17) is 5.73 Å². The van der Waals surface area contributed by atoms with E-state index in [1.807, 2.05) is 0 Å². The Hall–Kier alpha value is -2.67. The molecular weight excluding hydrogens is 350 g/mol. The number of nitrogens with two attached hydrogens (primary N) is 1. The SMILES string of the molecule is NC(=O)c1ccc(NC(=O)C(=O)Nc2ccc(Br)cc2)cc1. The second kappa shape index (κ2) is 6.86. The molecule has 4 N–H and O–H groups in total. The predicted molar refractivity (Wildman–Crippen MR) is 86.4 cm³/mol. The van der Waals surface area contributed by atoms with Crippen LogP contribution in [0.2, 0.25) is 0 Å². The van der Waals surface area contributed by atoms with E-state index >= 15 is 0 Å². The Kier molecular flexibility index (Phi) is 4.90. The lowest BCUT2D eigenvalue weighted by Crippen LogP contribution is -2.29. The molecule has 0 aliphatic heterocycles. The molecule has 0 heterocycles. The van der Waals surface area contributed by atoms with E-state index < -0.39 is 17.7 Å². The van der Waals surface area contributed by atoms with E-state index in [1.54, 1.807) is 24.3 Å². The highest BCUT2D eigenvalue weighted by atomic mass is 79.9. The molecule has 0 fully saturated rings. The van der Waals surface area contributed by atoms with Gasteiger partial charge in [0.25, 0.3) is 0 Å². The van der Waals surface area contributed by atoms with Gasteiger partial charge in [0.1, 0.15) is 0 Å². The van der Waals surface area contributed by atoms with Crippen LogP contribution < -0.4 is 16.4 Å². The van der Waals surface area contributed by atoms with Crippen molar-refractivity contribution in [2.45, 2.75) is 0 Å². The maximum absolute atomic E-state index is 11.8. The number of nitrogens with one attached hydrogen (secondary N) is 2. The summed E-state index contributed by atoms with van der Waals surface area (Å²) < 4.78 is 0.865. The summed E-state index contributed by atoms with van der Waals surface area (Å²) in [6, 6.07) is 12.7. The molecule has 0 aromatic heterocycles. The first kappa shape index (κ1) is 15.7. The van der Waals surface area contributed by atoms with Crippen molar-refractivity contribution in [1.29, 1.82) is 0 Å². The van der Waals surface area contributed by atoms with Gasteiger partial charge in [-0.2, -0.15) is 0 Å². The van der Waals surface area contributed by atoms with Gasteiger partial charge in [-0.25, -0.2) is 0 Å². The molecule has 0 aliphatic rings. The lowest BCUT2D eigenvalue weighted by molar-refractivity contribution is -0.132. The van der Waals surface area contributed by atoms with Gasteiger partial charge in [-0.1, -0.05) is 15.9 Å². The van der Waals surface area contributed by atoms with Crippen molar-refractivity contribution in [3.8, 4) is 0 Å². The van der Waals surface area contributed by atoms with Gasteiger partial charge in [0.2, 0.25) is 5.91 Å². The van der Waals surface area contributed by atoms with Gasteiger partial charge in [-0.15, -0.1) is 0 Å². The van der Waals surface area contributed by atoms with Gasteiger partial charge in [-0.3, -0.25) is 14.4 Å². The molecule has 0 aliphatic carbocycles. The fraction of sp³-hybridized carbons (Fsp3) is 0. The van der Waals surface area contributed by atoms with Crippen molar-refractivity contribution in [3.63, 3.8) is 0 Å². The Morgan fingerprint density at radius 3 is 1.59 bits per heavy atom. The van der Waals surface area contributed by atoms with Crippen LogP contribution in [0.15, 0.2) is 53.0 Å². The Morgan fingerprint density at radius 2 is 1.18 bits per heavy atom. The summed E-state index contributed by atoms with van der Waals surface area (Å²) in [5, 5.41) is 4.90. The third-order valence-corrected chi connectivity index (χ3v) is 3.26. The number of hydrogen-bond donors (Lipinski definition) is 3. The summed E-state index contributed by atoms with van der Waals surface area (Å²) in [7, 11) is 0. The molecule has 2 rings (SSSR count). The Labute approximate surface area is 134 Å². The zero-order chi connectivity index (χ0) is 16.1. The van der Waals surface area contributed by atoms with Crippen LogP contribution in [0, 0.1) is 0 Å². The van der Waals surface area contributed by atoms with E-state index in [-0.39, 0.29) is 0 Å². The average molecular weight is 362 g/mol. The quantitative estimate of drug-likeness (QED) is 0.729. The number of carbonyl (C=O) groups is 3. The predicted octanol–water partition coefficient (Wildman–Crippen LogP) is 2.13. The molecule has 0 atom stereocenters. The fourth-order valence-corrected chi connectivity index (χ4v) is 1.89. The number of amides is 3. The van der Waals surface area contributed by atoms with Crippen molar-refractivity contribution in [2.75, 3.05) is 10.6 Å². The summed E-state index contributed by atoms with van der Waals surface area (Å²) >= 11 is 3.28. The second-order valence-corrected chi connectivity index (χ2v) is 5.27. The van der Waals surface area contributed by atoms with Crippen LogP contribution in [0.1, 0.15) is 10.4 Å². The van der Waals surface area contributed by atoms with E-state index in [9.17, 15) is 14.4 Å². The first-order chi connectivity index (χ1) is 10.5. The molecule has 0 spiro atoms.